The van der Waals surface area contributed by atoms with E-state index in [2.05, 4.69) is 9.71 Å². The fourth-order valence-electron chi connectivity index (χ4n) is 2.68. The molecule has 1 N–H and O–H groups in total. The quantitative estimate of drug-likeness (QED) is 0.698. The molecule has 2 amide bonds. The Morgan fingerprint density at radius 3 is 2.43 bits per heavy atom. The highest BCUT2D eigenvalue weighted by molar-refractivity contribution is 8.16. The maximum absolute atomic E-state index is 13.0. The first kappa shape index (κ1) is 22.3. The number of thioether (sulfide) groups is 1. The second kappa shape index (κ2) is 9.15. The van der Waals surface area contributed by atoms with Gasteiger partial charge in [0.05, 0.1) is 4.90 Å². The molecular weight excluding hydrogens is 453 g/mol. The summed E-state index contributed by atoms with van der Waals surface area (Å²) >= 11 is 6.70. The molecule has 1 heterocycles. The van der Waals surface area contributed by atoms with Crippen molar-refractivity contribution in [1.82, 2.24) is 4.90 Å². The van der Waals surface area contributed by atoms with Gasteiger partial charge in [-0.15, -0.1) is 4.40 Å². The molecule has 0 radical (unpaired) electrons. The second-order valence-corrected chi connectivity index (χ2v) is 9.46. The average Bonchev–Trinajstić information content (AvgIpc) is 2.97. The van der Waals surface area contributed by atoms with E-state index < -0.39 is 32.9 Å². The summed E-state index contributed by atoms with van der Waals surface area (Å²) < 4.78 is 41.9. The molecule has 0 bridgehead atoms. The van der Waals surface area contributed by atoms with Gasteiger partial charge in [-0.3, -0.25) is 14.5 Å². The molecule has 7 nitrogen and oxygen atoms in total. The topological polar surface area (TPSA) is 95.9 Å². The van der Waals surface area contributed by atoms with Gasteiger partial charge in [-0.25, -0.2) is 4.39 Å². The minimum atomic E-state index is -4.05. The van der Waals surface area contributed by atoms with E-state index in [1.54, 1.807) is 6.92 Å². The Bertz CT molecular complexity index is 1090. The van der Waals surface area contributed by atoms with Crippen LogP contribution in [0.3, 0.4) is 0 Å². The largest absolute Gasteiger partial charge is 0.326 e. The minimum absolute atomic E-state index is 0.0111. The van der Waals surface area contributed by atoms with Crippen LogP contribution in [0.2, 0.25) is 5.02 Å². The van der Waals surface area contributed by atoms with Crippen LogP contribution in [0.15, 0.2) is 57.8 Å². The lowest BCUT2D eigenvalue weighted by Gasteiger charge is -2.13. The Kier molecular flexibility index (Phi) is 6.79. The molecule has 0 aliphatic carbocycles. The van der Waals surface area contributed by atoms with Crippen molar-refractivity contribution in [2.75, 3.05) is 11.9 Å². The van der Waals surface area contributed by atoms with E-state index in [1.165, 1.54) is 53.4 Å². The third-order valence-electron chi connectivity index (χ3n) is 4.14. The lowest BCUT2D eigenvalue weighted by atomic mass is 10.2. The van der Waals surface area contributed by atoms with Gasteiger partial charge in [-0.05, 0) is 55.5 Å². The van der Waals surface area contributed by atoms with Crippen molar-refractivity contribution in [3.05, 3.63) is 59.4 Å². The van der Waals surface area contributed by atoms with Crippen molar-refractivity contribution >= 4 is 56.1 Å². The summed E-state index contributed by atoms with van der Waals surface area (Å²) in [6.07, 6.45) is -0.183. The number of amides is 2. The predicted molar refractivity (Wildman–Crippen MR) is 114 cm³/mol. The van der Waals surface area contributed by atoms with Crippen LogP contribution < -0.4 is 5.32 Å². The number of carbonyl (C=O) groups excluding carboxylic acids is 2. The SMILES string of the molecule is CCN1C(=O)[C@@H](CC(=O)Nc2ccc(F)cc2)SC1=NS(=O)(=O)c1ccc(Cl)cc1. The number of benzene rings is 2. The summed E-state index contributed by atoms with van der Waals surface area (Å²) in [7, 11) is -4.05. The first-order chi connectivity index (χ1) is 14.2. The number of nitrogens with one attached hydrogen (secondary N) is 1. The van der Waals surface area contributed by atoms with Crippen molar-refractivity contribution in [2.45, 2.75) is 23.5 Å². The Morgan fingerprint density at radius 1 is 1.20 bits per heavy atom. The van der Waals surface area contributed by atoms with Crippen LogP contribution in [0.25, 0.3) is 0 Å². The fraction of sp³-hybridized carbons (Fsp3) is 0.211. The lowest BCUT2D eigenvalue weighted by molar-refractivity contribution is -0.128. The van der Waals surface area contributed by atoms with Gasteiger partial charge in [0.25, 0.3) is 10.0 Å². The molecule has 158 valence electrons. The van der Waals surface area contributed by atoms with Gasteiger partial charge in [-0.1, -0.05) is 23.4 Å². The van der Waals surface area contributed by atoms with Crippen molar-refractivity contribution in [2.24, 2.45) is 4.40 Å². The summed E-state index contributed by atoms with van der Waals surface area (Å²) in [6, 6.07) is 10.7. The lowest BCUT2D eigenvalue weighted by Crippen LogP contribution is -2.33. The molecule has 1 aliphatic rings. The summed E-state index contributed by atoms with van der Waals surface area (Å²) in [6.45, 7) is 1.89. The maximum atomic E-state index is 13.0. The fourth-order valence-corrected chi connectivity index (χ4v) is 5.22. The van der Waals surface area contributed by atoms with Crippen LogP contribution in [-0.2, 0) is 19.6 Å². The smallest absolute Gasteiger partial charge is 0.284 e. The maximum Gasteiger partial charge on any atom is 0.284 e. The van der Waals surface area contributed by atoms with Crippen molar-refractivity contribution in [3.63, 3.8) is 0 Å². The standard InChI is InChI=1S/C19H17ClFN3O4S2/c1-2-24-18(26)16(11-17(25)22-14-7-5-13(21)6-8-14)29-19(24)23-30(27,28)15-9-3-12(20)4-10-15/h3-10,16H,2,11H2,1H3,(H,22,25)/t16-/m1/s1. The highest BCUT2D eigenvalue weighted by Gasteiger charge is 2.39. The van der Waals surface area contributed by atoms with Gasteiger partial charge >= 0.3 is 0 Å². The zero-order valence-electron chi connectivity index (χ0n) is 15.7. The molecule has 2 aromatic carbocycles. The molecular formula is C19H17ClFN3O4S2. The molecule has 1 saturated heterocycles. The first-order valence-corrected chi connectivity index (χ1v) is 11.5. The van der Waals surface area contributed by atoms with Gasteiger partial charge < -0.3 is 5.32 Å². The van der Waals surface area contributed by atoms with Crippen molar-refractivity contribution < 1.29 is 22.4 Å². The van der Waals surface area contributed by atoms with E-state index in [4.69, 9.17) is 11.6 Å². The number of hydrogen-bond donors (Lipinski definition) is 1. The molecule has 11 heteroatoms. The molecule has 1 atom stereocenters. The minimum Gasteiger partial charge on any atom is -0.326 e. The Balaban J connectivity index is 1.75. The van der Waals surface area contributed by atoms with E-state index in [1.807, 2.05) is 0 Å². The number of hydrogen-bond acceptors (Lipinski definition) is 5. The molecule has 1 aliphatic heterocycles. The monoisotopic (exact) mass is 469 g/mol. The number of anilines is 1. The van der Waals surface area contributed by atoms with Crippen molar-refractivity contribution in [3.8, 4) is 0 Å². The van der Waals surface area contributed by atoms with Crippen molar-refractivity contribution in [1.29, 1.82) is 0 Å². The predicted octanol–water partition coefficient (Wildman–Crippen LogP) is 3.52. The Labute approximate surface area is 182 Å². The highest BCUT2D eigenvalue weighted by atomic mass is 35.5. The number of nitrogens with zero attached hydrogens (tertiary/aromatic N) is 2. The van der Waals surface area contributed by atoms with E-state index >= 15 is 0 Å². The van der Waals surface area contributed by atoms with Crippen LogP contribution >= 0.6 is 23.4 Å². The van der Waals surface area contributed by atoms with Gasteiger partial charge in [0.15, 0.2) is 5.17 Å². The molecule has 1 fully saturated rings. The number of rotatable bonds is 6. The van der Waals surface area contributed by atoms with Gasteiger partial charge in [0.2, 0.25) is 11.8 Å². The third-order valence-corrected chi connectivity index (χ3v) is 6.97. The molecule has 30 heavy (non-hydrogen) atoms. The zero-order chi connectivity index (χ0) is 21.9. The van der Waals surface area contributed by atoms with Crippen LogP contribution in [0, 0.1) is 5.82 Å². The second-order valence-electron chi connectivity index (χ2n) is 6.25. The zero-order valence-corrected chi connectivity index (χ0v) is 18.1. The van der Waals surface area contributed by atoms with E-state index in [0.717, 1.165) is 11.8 Å². The highest BCUT2D eigenvalue weighted by Crippen LogP contribution is 2.31. The molecule has 2 aromatic rings. The summed E-state index contributed by atoms with van der Waals surface area (Å²) in [5.41, 5.74) is 0.392. The van der Waals surface area contributed by atoms with Gasteiger partial charge in [0.1, 0.15) is 11.1 Å². The van der Waals surface area contributed by atoms with Crippen LogP contribution in [0.4, 0.5) is 10.1 Å². The first-order valence-electron chi connectivity index (χ1n) is 8.83. The Hall–Kier alpha value is -2.43. The number of carbonyl (C=O) groups is 2. The summed E-state index contributed by atoms with van der Waals surface area (Å²) in [4.78, 5) is 26.1. The van der Waals surface area contributed by atoms with E-state index in [-0.39, 0.29) is 23.0 Å². The molecule has 0 spiro atoms. The van der Waals surface area contributed by atoms with Crippen LogP contribution in [-0.4, -0.2) is 42.1 Å². The summed E-state index contributed by atoms with van der Waals surface area (Å²) in [5, 5.41) is 2.16. The molecule has 0 saturated carbocycles. The number of amidine groups is 1. The normalized spacial score (nSPS) is 18.1. The van der Waals surface area contributed by atoms with Gasteiger partial charge in [-0.2, -0.15) is 8.42 Å². The molecule has 0 unspecified atom stereocenters. The Morgan fingerprint density at radius 2 is 1.83 bits per heavy atom. The van der Waals surface area contributed by atoms with Gasteiger partial charge in [0, 0.05) is 23.7 Å². The van der Waals surface area contributed by atoms with Crippen LogP contribution in [0.1, 0.15) is 13.3 Å². The molecule has 3 rings (SSSR count). The summed E-state index contributed by atoms with van der Waals surface area (Å²) in [5.74, 6) is -1.29. The average molecular weight is 470 g/mol. The number of sulfonamides is 1. The van der Waals surface area contributed by atoms with E-state index in [0.29, 0.717) is 10.7 Å². The number of halogens is 2. The van der Waals surface area contributed by atoms with Crippen LogP contribution in [0.5, 0.6) is 0 Å². The third kappa shape index (κ3) is 5.18. The molecule has 0 aromatic heterocycles. The van der Waals surface area contributed by atoms with E-state index in [9.17, 15) is 22.4 Å².